The smallest absolute Gasteiger partial charge is 0.259 e. The van der Waals surface area contributed by atoms with Crippen molar-refractivity contribution >= 4 is 17.5 Å². The molecule has 2 aliphatic heterocycles. The molecule has 2 aromatic rings. The second-order valence-electron chi connectivity index (χ2n) is 5.56. The molecule has 1 N–H and O–H groups in total. The number of carbonyl (C=O) groups is 2. The number of hydrogen-bond donors (Lipinski definition) is 1. The molecule has 4 rings (SSSR count). The van der Waals surface area contributed by atoms with Crippen LogP contribution >= 0.6 is 0 Å². The molecular weight excluding hydrogens is 299 g/mol. The highest BCUT2D eigenvalue weighted by molar-refractivity contribution is 6.07. The third-order valence-corrected chi connectivity index (χ3v) is 4.18. The van der Waals surface area contributed by atoms with Crippen LogP contribution in [-0.2, 0) is 14.4 Å². The Bertz CT molecular complexity index is 763. The van der Waals surface area contributed by atoms with Gasteiger partial charge in [0, 0.05) is 0 Å². The van der Waals surface area contributed by atoms with Crippen molar-refractivity contribution in [2.75, 3.05) is 5.06 Å². The number of nitrogens with one attached hydrogen (secondary N) is 1. The molecule has 116 valence electrons. The molecule has 2 aliphatic rings. The molecule has 2 aromatic carbocycles. The number of fused-ring (bicyclic) bond motifs is 1. The number of imide groups is 1. The molecule has 3 unspecified atom stereocenters. The van der Waals surface area contributed by atoms with Crippen molar-refractivity contribution in [3.05, 3.63) is 66.0 Å². The van der Waals surface area contributed by atoms with Gasteiger partial charge in [0.25, 0.3) is 5.91 Å². The first-order valence-corrected chi connectivity index (χ1v) is 7.26. The van der Waals surface area contributed by atoms with Crippen molar-refractivity contribution in [3.8, 4) is 0 Å². The molecule has 5 nitrogen and oxygen atoms in total. The Morgan fingerprint density at radius 3 is 2.35 bits per heavy atom. The van der Waals surface area contributed by atoms with E-state index in [1.165, 1.54) is 12.1 Å². The van der Waals surface area contributed by atoms with Crippen LogP contribution in [-0.4, -0.2) is 17.9 Å². The summed E-state index contributed by atoms with van der Waals surface area (Å²) < 4.78 is 13.2. The third kappa shape index (κ3) is 2.19. The van der Waals surface area contributed by atoms with E-state index in [2.05, 4.69) is 5.32 Å². The van der Waals surface area contributed by atoms with E-state index < -0.39 is 24.0 Å². The van der Waals surface area contributed by atoms with Crippen LogP contribution in [0.3, 0.4) is 0 Å². The van der Waals surface area contributed by atoms with Gasteiger partial charge in [0.2, 0.25) is 5.91 Å². The molecule has 3 atom stereocenters. The normalized spacial score (nSPS) is 26.3. The van der Waals surface area contributed by atoms with Crippen molar-refractivity contribution in [2.24, 2.45) is 5.92 Å². The first-order valence-electron chi connectivity index (χ1n) is 7.26. The zero-order chi connectivity index (χ0) is 16.0. The molecule has 2 saturated heterocycles. The lowest BCUT2D eigenvalue weighted by molar-refractivity contribution is -0.129. The van der Waals surface area contributed by atoms with Gasteiger partial charge in [-0.25, -0.2) is 9.45 Å². The lowest BCUT2D eigenvalue weighted by Gasteiger charge is -2.27. The van der Waals surface area contributed by atoms with Crippen LogP contribution in [0.4, 0.5) is 10.1 Å². The number of rotatable bonds is 2. The standard InChI is InChI=1S/C17H13FN2O3/c18-11-8-6-10(7-9-11)14-13-15(17(22)19-16(13)21)23-20(14)12-4-2-1-3-5-12/h1-9,13-15H,(H,19,21,22). The molecule has 2 heterocycles. The van der Waals surface area contributed by atoms with Crippen molar-refractivity contribution in [1.29, 1.82) is 0 Å². The van der Waals surface area contributed by atoms with Crippen LogP contribution in [0, 0.1) is 11.7 Å². The van der Waals surface area contributed by atoms with Gasteiger partial charge >= 0.3 is 0 Å². The lowest BCUT2D eigenvalue weighted by Crippen LogP contribution is -2.33. The molecule has 0 spiro atoms. The number of halogens is 1. The summed E-state index contributed by atoms with van der Waals surface area (Å²) in [7, 11) is 0. The Morgan fingerprint density at radius 1 is 0.957 bits per heavy atom. The summed E-state index contributed by atoms with van der Waals surface area (Å²) in [6.07, 6.45) is -0.863. The SMILES string of the molecule is O=C1NC(=O)C2C1ON(c1ccccc1)C2c1ccc(F)cc1. The Kier molecular flexibility index (Phi) is 3.12. The van der Waals surface area contributed by atoms with Gasteiger partial charge < -0.3 is 0 Å². The zero-order valence-electron chi connectivity index (χ0n) is 12.0. The van der Waals surface area contributed by atoms with E-state index in [0.717, 1.165) is 5.69 Å². The Balaban J connectivity index is 1.80. The maximum absolute atomic E-state index is 13.2. The number of carbonyl (C=O) groups excluding carboxylic acids is 2. The maximum atomic E-state index is 13.2. The van der Waals surface area contributed by atoms with Crippen molar-refractivity contribution < 1.29 is 18.8 Å². The lowest BCUT2D eigenvalue weighted by atomic mass is 9.90. The largest absolute Gasteiger partial charge is 0.294 e. The molecule has 0 bridgehead atoms. The highest BCUT2D eigenvalue weighted by Crippen LogP contribution is 2.44. The highest BCUT2D eigenvalue weighted by atomic mass is 19.1. The predicted octanol–water partition coefficient (Wildman–Crippen LogP) is 1.96. The van der Waals surface area contributed by atoms with E-state index in [4.69, 9.17) is 4.84 Å². The van der Waals surface area contributed by atoms with Gasteiger partial charge in [-0.15, -0.1) is 0 Å². The minimum Gasteiger partial charge on any atom is -0.294 e. The van der Waals surface area contributed by atoms with Crippen LogP contribution < -0.4 is 10.4 Å². The predicted molar refractivity (Wildman–Crippen MR) is 79.6 cm³/mol. The zero-order valence-corrected chi connectivity index (χ0v) is 12.0. The van der Waals surface area contributed by atoms with Gasteiger partial charge in [-0.1, -0.05) is 30.3 Å². The van der Waals surface area contributed by atoms with Crippen LogP contribution in [0.5, 0.6) is 0 Å². The van der Waals surface area contributed by atoms with E-state index in [1.54, 1.807) is 17.2 Å². The van der Waals surface area contributed by atoms with Crippen LogP contribution in [0.15, 0.2) is 54.6 Å². The Labute approximate surface area is 131 Å². The van der Waals surface area contributed by atoms with Crippen LogP contribution in [0.1, 0.15) is 11.6 Å². The summed E-state index contributed by atoms with van der Waals surface area (Å²) in [4.78, 5) is 29.9. The molecule has 6 heteroatoms. The fraction of sp³-hybridized carbons (Fsp3) is 0.176. The first-order chi connectivity index (χ1) is 11.1. The van der Waals surface area contributed by atoms with Gasteiger partial charge in [-0.2, -0.15) is 0 Å². The first kappa shape index (κ1) is 13.9. The number of para-hydroxylation sites is 1. The number of amides is 2. The third-order valence-electron chi connectivity index (χ3n) is 4.18. The van der Waals surface area contributed by atoms with Gasteiger partial charge in [0.1, 0.15) is 11.7 Å². The summed E-state index contributed by atoms with van der Waals surface area (Å²) >= 11 is 0. The molecule has 2 fully saturated rings. The van der Waals surface area contributed by atoms with Gasteiger partial charge in [0.05, 0.1) is 11.7 Å². The quantitative estimate of drug-likeness (QED) is 0.861. The summed E-state index contributed by atoms with van der Waals surface area (Å²) in [6.45, 7) is 0. The average molecular weight is 312 g/mol. The number of hydroxylamine groups is 1. The van der Waals surface area contributed by atoms with Crippen molar-refractivity contribution in [3.63, 3.8) is 0 Å². The fourth-order valence-corrected chi connectivity index (χ4v) is 3.13. The molecule has 2 amide bonds. The molecule has 0 aliphatic carbocycles. The van der Waals surface area contributed by atoms with E-state index in [0.29, 0.717) is 5.56 Å². The van der Waals surface area contributed by atoms with Crippen molar-refractivity contribution in [1.82, 2.24) is 5.32 Å². The van der Waals surface area contributed by atoms with Crippen LogP contribution in [0.25, 0.3) is 0 Å². The van der Waals surface area contributed by atoms with Crippen molar-refractivity contribution in [2.45, 2.75) is 12.1 Å². The molecule has 23 heavy (non-hydrogen) atoms. The monoisotopic (exact) mass is 312 g/mol. The topological polar surface area (TPSA) is 58.6 Å². The molecule has 0 radical (unpaired) electrons. The highest BCUT2D eigenvalue weighted by Gasteiger charge is 2.56. The van der Waals surface area contributed by atoms with Gasteiger partial charge in [-0.3, -0.25) is 19.7 Å². The average Bonchev–Trinajstić information content (AvgIpc) is 3.08. The number of benzene rings is 2. The maximum Gasteiger partial charge on any atom is 0.259 e. The molecule has 0 aromatic heterocycles. The van der Waals surface area contributed by atoms with Gasteiger partial charge in [0.15, 0.2) is 6.10 Å². The number of anilines is 1. The summed E-state index contributed by atoms with van der Waals surface area (Å²) in [5, 5.41) is 3.87. The second kappa shape index (κ2) is 5.17. The van der Waals surface area contributed by atoms with E-state index in [-0.39, 0.29) is 11.7 Å². The second-order valence-corrected chi connectivity index (χ2v) is 5.56. The van der Waals surface area contributed by atoms with E-state index in [9.17, 15) is 14.0 Å². The number of nitrogens with zero attached hydrogens (tertiary/aromatic N) is 1. The minimum atomic E-state index is -0.863. The molecule has 0 saturated carbocycles. The minimum absolute atomic E-state index is 0.359. The summed E-state index contributed by atoms with van der Waals surface area (Å²) in [5.74, 6) is -1.83. The van der Waals surface area contributed by atoms with Crippen LogP contribution in [0.2, 0.25) is 0 Å². The summed E-state index contributed by atoms with van der Waals surface area (Å²) in [6, 6.07) is 14.6. The van der Waals surface area contributed by atoms with Gasteiger partial charge in [-0.05, 0) is 29.8 Å². The van der Waals surface area contributed by atoms with E-state index >= 15 is 0 Å². The van der Waals surface area contributed by atoms with E-state index in [1.807, 2.05) is 30.3 Å². The number of hydrogen-bond acceptors (Lipinski definition) is 4. The molecular formula is C17H13FN2O3. The fourth-order valence-electron chi connectivity index (χ4n) is 3.13. The Hall–Kier alpha value is -2.73. The summed E-state index contributed by atoms with van der Waals surface area (Å²) in [5.41, 5.74) is 1.45. The Morgan fingerprint density at radius 2 is 1.65 bits per heavy atom.